The predicted octanol–water partition coefficient (Wildman–Crippen LogP) is 3.09. The second-order valence-corrected chi connectivity index (χ2v) is 7.44. The van der Waals surface area contributed by atoms with E-state index in [1.165, 1.54) is 11.1 Å². The molecular formula is C23H27ClN4O. The minimum Gasteiger partial charge on any atom is -0.355 e. The Kier molecular flexibility index (Phi) is 7.07. The zero-order valence-electron chi connectivity index (χ0n) is 16.5. The van der Waals surface area contributed by atoms with Crippen LogP contribution in [0.1, 0.15) is 28.5 Å². The van der Waals surface area contributed by atoms with Crippen LogP contribution in [0.3, 0.4) is 0 Å². The van der Waals surface area contributed by atoms with E-state index in [1.54, 1.807) is 4.68 Å². The topological polar surface area (TPSA) is 59.0 Å². The second kappa shape index (κ2) is 9.72. The van der Waals surface area contributed by atoms with Gasteiger partial charge in [0.25, 0.3) is 0 Å². The van der Waals surface area contributed by atoms with Crippen LogP contribution in [0.4, 0.5) is 0 Å². The van der Waals surface area contributed by atoms with Gasteiger partial charge >= 0.3 is 0 Å². The largest absolute Gasteiger partial charge is 0.355 e. The number of nitrogens with zero attached hydrogens (tertiary/aromatic N) is 2. The summed E-state index contributed by atoms with van der Waals surface area (Å²) in [6.07, 6.45) is 3.88. The molecule has 0 unspecified atom stereocenters. The Labute approximate surface area is 177 Å². The van der Waals surface area contributed by atoms with Crippen molar-refractivity contribution in [2.75, 3.05) is 19.6 Å². The van der Waals surface area contributed by atoms with Crippen molar-refractivity contribution in [1.82, 2.24) is 20.4 Å². The molecule has 1 saturated heterocycles. The van der Waals surface area contributed by atoms with Crippen molar-refractivity contribution in [3.05, 3.63) is 89.7 Å². The first-order valence-corrected chi connectivity index (χ1v) is 9.79. The van der Waals surface area contributed by atoms with Crippen LogP contribution in [0.5, 0.6) is 0 Å². The summed E-state index contributed by atoms with van der Waals surface area (Å²) in [7, 11) is 1.91. The summed E-state index contributed by atoms with van der Waals surface area (Å²) in [6, 6.07) is 20.7. The van der Waals surface area contributed by atoms with Crippen molar-refractivity contribution in [2.24, 2.45) is 13.0 Å². The molecule has 0 spiro atoms. The van der Waals surface area contributed by atoms with Gasteiger partial charge < -0.3 is 10.6 Å². The van der Waals surface area contributed by atoms with Crippen LogP contribution >= 0.6 is 12.4 Å². The van der Waals surface area contributed by atoms with Gasteiger partial charge in [0.2, 0.25) is 5.91 Å². The standard InChI is InChI=1S/C23H26N4O.ClH/c1-27-16-19(12-26-27)21-13-24-14-22(21)23(28)25-15-20(17-8-4-2-5-9-17)18-10-6-3-7-11-18;/h2-12,16,20-22,24H,13-15H2,1H3,(H,25,28);1H/t21-,22+;/m1./s1. The molecule has 0 radical (unpaired) electrons. The van der Waals surface area contributed by atoms with Gasteiger partial charge in [-0.1, -0.05) is 60.7 Å². The summed E-state index contributed by atoms with van der Waals surface area (Å²) in [5.74, 6) is 0.338. The van der Waals surface area contributed by atoms with E-state index in [4.69, 9.17) is 0 Å². The van der Waals surface area contributed by atoms with Gasteiger partial charge in [0.05, 0.1) is 12.1 Å². The van der Waals surface area contributed by atoms with Crippen LogP contribution in [-0.4, -0.2) is 35.3 Å². The number of aromatic nitrogens is 2. The highest BCUT2D eigenvalue weighted by molar-refractivity contribution is 5.85. The molecule has 1 fully saturated rings. The number of halogens is 1. The van der Waals surface area contributed by atoms with E-state index in [0.29, 0.717) is 13.1 Å². The second-order valence-electron chi connectivity index (χ2n) is 7.44. The maximum Gasteiger partial charge on any atom is 0.225 e. The monoisotopic (exact) mass is 410 g/mol. The Morgan fingerprint density at radius 2 is 1.72 bits per heavy atom. The SMILES string of the molecule is Cl.Cn1cc([C@H]2CNC[C@@H]2C(=O)NCC(c2ccccc2)c2ccccc2)cn1. The van der Waals surface area contributed by atoms with Crippen molar-refractivity contribution >= 4 is 18.3 Å². The van der Waals surface area contributed by atoms with E-state index in [-0.39, 0.29) is 36.1 Å². The molecule has 1 aliphatic rings. The molecular weight excluding hydrogens is 384 g/mol. The van der Waals surface area contributed by atoms with Crippen molar-refractivity contribution in [1.29, 1.82) is 0 Å². The summed E-state index contributed by atoms with van der Waals surface area (Å²) in [5, 5.41) is 10.9. The lowest BCUT2D eigenvalue weighted by atomic mass is 9.89. The molecule has 152 valence electrons. The predicted molar refractivity (Wildman–Crippen MR) is 117 cm³/mol. The van der Waals surface area contributed by atoms with Gasteiger partial charge in [0.15, 0.2) is 0 Å². The first kappa shape index (κ1) is 21.1. The maximum absolute atomic E-state index is 13.0. The molecule has 6 heteroatoms. The highest BCUT2D eigenvalue weighted by atomic mass is 35.5. The molecule has 1 aromatic heterocycles. The fourth-order valence-corrected chi connectivity index (χ4v) is 4.07. The third-order valence-corrected chi connectivity index (χ3v) is 5.59. The molecule has 2 N–H and O–H groups in total. The minimum atomic E-state index is -0.0728. The van der Waals surface area contributed by atoms with Crippen LogP contribution in [-0.2, 0) is 11.8 Å². The van der Waals surface area contributed by atoms with Crippen LogP contribution < -0.4 is 10.6 Å². The Hall–Kier alpha value is -2.63. The Balaban J connectivity index is 0.00000240. The zero-order chi connectivity index (χ0) is 19.3. The van der Waals surface area contributed by atoms with Crippen molar-refractivity contribution in [2.45, 2.75) is 11.8 Å². The molecule has 0 saturated carbocycles. The first-order valence-electron chi connectivity index (χ1n) is 9.79. The van der Waals surface area contributed by atoms with E-state index < -0.39 is 0 Å². The number of benzene rings is 2. The average Bonchev–Trinajstić information content (AvgIpc) is 3.38. The van der Waals surface area contributed by atoms with Crippen LogP contribution in [0.15, 0.2) is 73.1 Å². The third-order valence-electron chi connectivity index (χ3n) is 5.59. The van der Waals surface area contributed by atoms with Crippen LogP contribution in [0.25, 0.3) is 0 Å². The molecule has 2 atom stereocenters. The number of amides is 1. The number of nitrogens with one attached hydrogen (secondary N) is 2. The first-order chi connectivity index (χ1) is 13.7. The van der Waals surface area contributed by atoms with E-state index in [9.17, 15) is 4.79 Å². The number of aryl methyl sites for hydroxylation is 1. The quantitative estimate of drug-likeness (QED) is 0.656. The van der Waals surface area contributed by atoms with E-state index in [2.05, 4.69) is 40.0 Å². The lowest BCUT2D eigenvalue weighted by Crippen LogP contribution is -2.37. The normalized spacial score (nSPS) is 18.4. The maximum atomic E-state index is 13.0. The molecule has 29 heavy (non-hydrogen) atoms. The van der Waals surface area contributed by atoms with Crippen molar-refractivity contribution < 1.29 is 4.79 Å². The van der Waals surface area contributed by atoms with Crippen LogP contribution in [0, 0.1) is 5.92 Å². The van der Waals surface area contributed by atoms with E-state index in [0.717, 1.165) is 12.1 Å². The molecule has 1 aliphatic heterocycles. The van der Waals surface area contributed by atoms with Crippen molar-refractivity contribution in [3.8, 4) is 0 Å². The Morgan fingerprint density at radius 3 is 2.28 bits per heavy atom. The van der Waals surface area contributed by atoms with Gasteiger partial charge in [-0.15, -0.1) is 12.4 Å². The van der Waals surface area contributed by atoms with Gasteiger partial charge in [-0.3, -0.25) is 9.48 Å². The lowest BCUT2D eigenvalue weighted by molar-refractivity contribution is -0.124. The highest BCUT2D eigenvalue weighted by Crippen LogP contribution is 2.29. The number of rotatable bonds is 6. The Bertz CT molecular complexity index is 873. The summed E-state index contributed by atoms with van der Waals surface area (Å²) >= 11 is 0. The van der Waals surface area contributed by atoms with E-state index in [1.807, 2.05) is 55.8 Å². The fourth-order valence-electron chi connectivity index (χ4n) is 4.07. The van der Waals surface area contributed by atoms with Gasteiger partial charge in [-0.2, -0.15) is 5.10 Å². The van der Waals surface area contributed by atoms with Gasteiger partial charge in [0, 0.05) is 44.7 Å². The minimum absolute atomic E-state index is 0. The molecule has 2 heterocycles. The summed E-state index contributed by atoms with van der Waals surface area (Å²) in [6.45, 7) is 2.10. The number of hydrogen-bond acceptors (Lipinski definition) is 3. The number of carbonyl (C=O) groups is 1. The fraction of sp³-hybridized carbons (Fsp3) is 0.304. The van der Waals surface area contributed by atoms with Gasteiger partial charge in [-0.05, 0) is 16.7 Å². The van der Waals surface area contributed by atoms with Crippen molar-refractivity contribution in [3.63, 3.8) is 0 Å². The lowest BCUT2D eigenvalue weighted by Gasteiger charge is -2.22. The van der Waals surface area contributed by atoms with Crippen LogP contribution in [0.2, 0.25) is 0 Å². The average molecular weight is 411 g/mol. The zero-order valence-corrected chi connectivity index (χ0v) is 17.3. The molecule has 0 bridgehead atoms. The summed E-state index contributed by atoms with van der Waals surface area (Å²) < 4.78 is 1.80. The smallest absolute Gasteiger partial charge is 0.225 e. The molecule has 2 aromatic carbocycles. The molecule has 3 aromatic rings. The summed E-state index contributed by atoms with van der Waals surface area (Å²) in [4.78, 5) is 13.0. The van der Waals surface area contributed by atoms with E-state index >= 15 is 0 Å². The number of carbonyl (C=O) groups excluding carboxylic acids is 1. The Morgan fingerprint density at radius 1 is 1.10 bits per heavy atom. The van der Waals surface area contributed by atoms with Gasteiger partial charge in [0.1, 0.15) is 0 Å². The molecule has 5 nitrogen and oxygen atoms in total. The third kappa shape index (κ3) is 4.86. The number of hydrogen-bond donors (Lipinski definition) is 2. The highest BCUT2D eigenvalue weighted by Gasteiger charge is 2.34. The molecule has 1 amide bonds. The summed E-state index contributed by atoms with van der Waals surface area (Å²) in [5.41, 5.74) is 3.54. The molecule has 0 aliphatic carbocycles. The van der Waals surface area contributed by atoms with Gasteiger partial charge in [-0.25, -0.2) is 0 Å². The molecule has 4 rings (SSSR count).